The zero-order valence-corrected chi connectivity index (χ0v) is 13.7. The minimum atomic E-state index is -0.996. The zero-order chi connectivity index (χ0) is 17.8. The number of nitrogens with one attached hydrogen (secondary N) is 1. The third-order valence-electron chi connectivity index (χ3n) is 3.41. The number of aliphatic carboxylic acids is 1. The standard InChI is InChI=1S/C15H14N4O5S/c20-12(21)8-10-3-7-25-13(10)17-14(22)18-4-5-19(15(18)23)16-9-11-2-1-6-24-11/h1-3,6-7,9H,4-5,8H2,(H,17,22)(H,20,21). The molecule has 1 saturated heterocycles. The van der Waals surface area contributed by atoms with Crippen LogP contribution in [0.2, 0.25) is 0 Å². The maximum Gasteiger partial charge on any atom is 0.348 e. The number of carboxylic acid groups (broad SMARTS) is 1. The summed E-state index contributed by atoms with van der Waals surface area (Å²) >= 11 is 1.20. The van der Waals surface area contributed by atoms with Crippen LogP contribution in [0, 0.1) is 0 Å². The monoisotopic (exact) mass is 362 g/mol. The molecule has 0 bridgehead atoms. The molecule has 3 rings (SSSR count). The number of amides is 4. The molecule has 9 nitrogen and oxygen atoms in total. The Labute approximate surface area is 146 Å². The third kappa shape index (κ3) is 3.86. The fourth-order valence-corrected chi connectivity index (χ4v) is 3.03. The van der Waals surface area contributed by atoms with Crippen molar-refractivity contribution in [2.45, 2.75) is 6.42 Å². The summed E-state index contributed by atoms with van der Waals surface area (Å²) in [6, 6.07) is 3.84. The molecule has 0 aliphatic carbocycles. The van der Waals surface area contributed by atoms with Crippen molar-refractivity contribution in [2.75, 3.05) is 18.4 Å². The molecule has 130 valence electrons. The summed E-state index contributed by atoms with van der Waals surface area (Å²) in [6.45, 7) is 0.440. The summed E-state index contributed by atoms with van der Waals surface area (Å²) in [5.41, 5.74) is 0.491. The fourth-order valence-electron chi connectivity index (χ4n) is 2.22. The van der Waals surface area contributed by atoms with Crippen LogP contribution < -0.4 is 5.32 Å². The first kappa shape index (κ1) is 16.7. The molecule has 3 heterocycles. The number of rotatable bonds is 5. The number of hydrogen-bond donors (Lipinski definition) is 2. The molecular weight excluding hydrogens is 348 g/mol. The van der Waals surface area contributed by atoms with Crippen molar-refractivity contribution in [1.82, 2.24) is 9.91 Å². The van der Waals surface area contributed by atoms with E-state index in [4.69, 9.17) is 9.52 Å². The van der Waals surface area contributed by atoms with Crippen molar-refractivity contribution in [1.29, 1.82) is 0 Å². The molecule has 2 N–H and O–H groups in total. The van der Waals surface area contributed by atoms with Crippen molar-refractivity contribution in [3.05, 3.63) is 41.2 Å². The minimum absolute atomic E-state index is 0.180. The van der Waals surface area contributed by atoms with Gasteiger partial charge in [0, 0.05) is 0 Å². The van der Waals surface area contributed by atoms with Crippen molar-refractivity contribution in [2.24, 2.45) is 5.10 Å². The highest BCUT2D eigenvalue weighted by molar-refractivity contribution is 7.14. The highest BCUT2D eigenvalue weighted by Crippen LogP contribution is 2.24. The number of furan rings is 1. The van der Waals surface area contributed by atoms with Crippen molar-refractivity contribution < 1.29 is 23.9 Å². The molecule has 25 heavy (non-hydrogen) atoms. The molecule has 0 radical (unpaired) electrons. The zero-order valence-electron chi connectivity index (χ0n) is 12.9. The number of anilines is 1. The Morgan fingerprint density at radius 3 is 2.96 bits per heavy atom. The first-order chi connectivity index (χ1) is 12.0. The predicted molar refractivity (Wildman–Crippen MR) is 89.8 cm³/mol. The Balaban J connectivity index is 1.63. The van der Waals surface area contributed by atoms with E-state index in [1.165, 1.54) is 23.8 Å². The number of carboxylic acids is 1. The van der Waals surface area contributed by atoms with Crippen LogP contribution in [0.5, 0.6) is 0 Å². The molecule has 0 atom stereocenters. The maximum atomic E-state index is 12.3. The highest BCUT2D eigenvalue weighted by Gasteiger charge is 2.33. The molecule has 2 aromatic rings. The van der Waals surface area contributed by atoms with Crippen molar-refractivity contribution in [3.63, 3.8) is 0 Å². The Bertz CT molecular complexity index is 814. The molecule has 1 aliphatic rings. The number of urea groups is 2. The van der Waals surface area contributed by atoms with Crippen LogP contribution in [-0.4, -0.2) is 52.4 Å². The Hall–Kier alpha value is -3.14. The number of hydrogen-bond acceptors (Lipinski definition) is 6. The first-order valence-corrected chi connectivity index (χ1v) is 8.18. The quantitative estimate of drug-likeness (QED) is 0.792. The van der Waals surface area contributed by atoms with Gasteiger partial charge in [-0.25, -0.2) is 19.5 Å². The topological polar surface area (TPSA) is 115 Å². The van der Waals surface area contributed by atoms with E-state index in [9.17, 15) is 14.4 Å². The van der Waals surface area contributed by atoms with Crippen LogP contribution in [0.3, 0.4) is 0 Å². The Kier molecular flexibility index (Phi) is 4.80. The summed E-state index contributed by atoms with van der Waals surface area (Å²) < 4.78 is 5.09. The molecule has 0 spiro atoms. The third-order valence-corrected chi connectivity index (χ3v) is 4.28. The van der Waals surface area contributed by atoms with E-state index < -0.39 is 18.0 Å². The van der Waals surface area contributed by atoms with Gasteiger partial charge in [-0.15, -0.1) is 11.3 Å². The minimum Gasteiger partial charge on any atom is -0.481 e. The maximum absolute atomic E-state index is 12.3. The van der Waals surface area contributed by atoms with E-state index in [0.717, 1.165) is 9.91 Å². The van der Waals surface area contributed by atoms with E-state index >= 15 is 0 Å². The normalized spacial score (nSPS) is 14.5. The number of carbonyl (C=O) groups excluding carboxylic acids is 2. The van der Waals surface area contributed by atoms with Gasteiger partial charge in [-0.2, -0.15) is 5.10 Å². The van der Waals surface area contributed by atoms with Gasteiger partial charge in [-0.3, -0.25) is 10.1 Å². The van der Waals surface area contributed by atoms with Crippen LogP contribution in [0.25, 0.3) is 0 Å². The molecule has 0 aromatic carbocycles. The molecular formula is C15H14N4O5S. The Morgan fingerprint density at radius 2 is 2.24 bits per heavy atom. The molecule has 4 amide bonds. The summed E-state index contributed by atoms with van der Waals surface area (Å²) in [5.74, 6) is -0.503. The lowest BCUT2D eigenvalue weighted by molar-refractivity contribution is -0.136. The van der Waals surface area contributed by atoms with Crippen LogP contribution in [0.4, 0.5) is 14.6 Å². The van der Waals surface area contributed by atoms with Crippen molar-refractivity contribution in [3.8, 4) is 0 Å². The van der Waals surface area contributed by atoms with Crippen LogP contribution in [0.1, 0.15) is 11.3 Å². The van der Waals surface area contributed by atoms with E-state index in [2.05, 4.69) is 10.4 Å². The number of imide groups is 1. The van der Waals surface area contributed by atoms with Crippen LogP contribution >= 0.6 is 11.3 Å². The summed E-state index contributed by atoms with van der Waals surface area (Å²) in [6.07, 6.45) is 2.68. The number of carbonyl (C=O) groups is 3. The van der Waals surface area contributed by atoms with Gasteiger partial charge in [0.05, 0.1) is 32.0 Å². The van der Waals surface area contributed by atoms with Crippen molar-refractivity contribution >= 4 is 40.6 Å². The summed E-state index contributed by atoms with van der Waals surface area (Å²) in [7, 11) is 0. The fraction of sp³-hybridized carbons (Fsp3) is 0.200. The highest BCUT2D eigenvalue weighted by atomic mass is 32.1. The average molecular weight is 362 g/mol. The van der Waals surface area contributed by atoms with E-state index in [1.807, 2.05) is 0 Å². The van der Waals surface area contributed by atoms with E-state index in [1.54, 1.807) is 23.6 Å². The Morgan fingerprint density at radius 1 is 1.40 bits per heavy atom. The number of nitrogens with zero attached hydrogens (tertiary/aromatic N) is 3. The second kappa shape index (κ2) is 7.18. The molecule has 2 aromatic heterocycles. The van der Waals surface area contributed by atoms with Gasteiger partial charge in [0.2, 0.25) is 0 Å². The van der Waals surface area contributed by atoms with Gasteiger partial charge in [-0.1, -0.05) is 0 Å². The molecule has 0 unspecified atom stereocenters. The molecule has 10 heteroatoms. The van der Waals surface area contributed by atoms with Gasteiger partial charge in [0.25, 0.3) is 0 Å². The number of thiophene rings is 1. The molecule has 0 saturated carbocycles. The lowest BCUT2D eigenvalue weighted by Gasteiger charge is -2.14. The summed E-state index contributed by atoms with van der Waals surface area (Å²) in [5, 5.41) is 18.7. The van der Waals surface area contributed by atoms with Crippen LogP contribution in [-0.2, 0) is 11.2 Å². The second-order valence-corrected chi connectivity index (χ2v) is 6.01. The van der Waals surface area contributed by atoms with Gasteiger partial charge >= 0.3 is 18.0 Å². The van der Waals surface area contributed by atoms with Gasteiger partial charge in [0.1, 0.15) is 10.8 Å². The van der Waals surface area contributed by atoms with Gasteiger partial charge in [-0.05, 0) is 29.1 Å². The van der Waals surface area contributed by atoms with Crippen LogP contribution in [0.15, 0.2) is 39.4 Å². The van der Waals surface area contributed by atoms with Gasteiger partial charge in [0.15, 0.2) is 0 Å². The lowest BCUT2D eigenvalue weighted by atomic mass is 10.2. The largest absolute Gasteiger partial charge is 0.481 e. The van der Waals surface area contributed by atoms with E-state index in [-0.39, 0.29) is 19.5 Å². The molecule has 1 aliphatic heterocycles. The SMILES string of the molecule is O=C(O)Cc1ccsc1NC(=O)N1CCN(N=Cc2ccco2)C1=O. The molecule has 1 fully saturated rings. The van der Waals surface area contributed by atoms with Gasteiger partial charge < -0.3 is 9.52 Å². The first-order valence-electron chi connectivity index (χ1n) is 7.30. The predicted octanol–water partition coefficient (Wildman–Crippen LogP) is 2.27. The number of hydrazone groups is 1. The lowest BCUT2D eigenvalue weighted by Crippen LogP contribution is -2.37. The second-order valence-electron chi connectivity index (χ2n) is 5.09. The summed E-state index contributed by atoms with van der Waals surface area (Å²) in [4.78, 5) is 36.4. The smallest absolute Gasteiger partial charge is 0.348 e. The van der Waals surface area contributed by atoms with E-state index in [0.29, 0.717) is 16.3 Å². The average Bonchev–Trinajstić information content (AvgIpc) is 3.28.